The van der Waals surface area contributed by atoms with E-state index in [4.69, 9.17) is 19.2 Å². The minimum Gasteiger partial charge on any atom is -0.493 e. The van der Waals surface area contributed by atoms with Gasteiger partial charge in [0.1, 0.15) is 11.6 Å². The number of carbonyl (C=O) groups is 1. The lowest BCUT2D eigenvalue weighted by molar-refractivity contribution is 0.0526. The van der Waals surface area contributed by atoms with Gasteiger partial charge in [-0.15, -0.1) is 11.3 Å². The molecule has 1 aliphatic rings. The van der Waals surface area contributed by atoms with Crippen LogP contribution in [0.1, 0.15) is 57.3 Å². The Balaban J connectivity index is 1.59. The maximum atomic E-state index is 12.7. The van der Waals surface area contributed by atoms with Crippen LogP contribution in [0.4, 0.5) is 5.00 Å². The van der Waals surface area contributed by atoms with Gasteiger partial charge in [-0.25, -0.2) is 9.79 Å². The van der Waals surface area contributed by atoms with Gasteiger partial charge in [-0.3, -0.25) is 0 Å². The largest absolute Gasteiger partial charge is 0.493 e. The van der Waals surface area contributed by atoms with Crippen LogP contribution in [0.25, 0.3) is 0 Å². The second kappa shape index (κ2) is 11.4. The van der Waals surface area contributed by atoms with Crippen molar-refractivity contribution in [1.29, 1.82) is 0 Å². The highest BCUT2D eigenvalue weighted by Gasteiger charge is 2.26. The summed E-state index contributed by atoms with van der Waals surface area (Å²) in [5, 5.41) is 0.721. The zero-order valence-corrected chi connectivity index (χ0v) is 22.6. The first kappa shape index (κ1) is 24.7. The summed E-state index contributed by atoms with van der Waals surface area (Å²) < 4.78 is 18.0. The van der Waals surface area contributed by atoms with Crippen LogP contribution in [0.3, 0.4) is 0 Å². The van der Waals surface area contributed by atoms with E-state index in [2.05, 4.69) is 53.8 Å². The van der Waals surface area contributed by atoms with Crippen LogP contribution in [-0.4, -0.2) is 25.9 Å². The molecule has 178 valence electrons. The molecule has 0 spiro atoms. The topological polar surface area (TPSA) is 57.1 Å². The van der Waals surface area contributed by atoms with E-state index in [1.165, 1.54) is 10.4 Å². The number of hydrogen-bond acceptors (Lipinski definition) is 6. The highest BCUT2D eigenvalue weighted by molar-refractivity contribution is 14.1. The molecule has 2 aromatic carbocycles. The number of aryl methyl sites for hydroxylation is 2. The number of benzene rings is 2. The van der Waals surface area contributed by atoms with E-state index in [0.717, 1.165) is 50.9 Å². The van der Waals surface area contributed by atoms with E-state index in [1.54, 1.807) is 24.7 Å². The van der Waals surface area contributed by atoms with Crippen molar-refractivity contribution < 1.29 is 19.0 Å². The zero-order valence-electron chi connectivity index (χ0n) is 19.7. The van der Waals surface area contributed by atoms with Crippen LogP contribution in [0.2, 0.25) is 0 Å². The van der Waals surface area contributed by atoms with Gasteiger partial charge < -0.3 is 14.2 Å². The van der Waals surface area contributed by atoms with Crippen LogP contribution in [0.5, 0.6) is 11.5 Å². The Morgan fingerprint density at radius 1 is 1.18 bits per heavy atom. The SMILES string of the molecule is CCOC(=O)c1c(N=Cc2cc(I)c(OCc3ccc(C)cc3)c(OC)c2)sc2c1CCCC2. The van der Waals surface area contributed by atoms with Gasteiger partial charge in [-0.1, -0.05) is 29.8 Å². The van der Waals surface area contributed by atoms with Crippen LogP contribution in [-0.2, 0) is 24.2 Å². The van der Waals surface area contributed by atoms with Gasteiger partial charge in [0.2, 0.25) is 0 Å². The highest BCUT2D eigenvalue weighted by Crippen LogP contribution is 2.40. The quantitative estimate of drug-likeness (QED) is 0.161. The lowest BCUT2D eigenvalue weighted by atomic mass is 9.95. The van der Waals surface area contributed by atoms with E-state index >= 15 is 0 Å². The molecule has 3 aromatic rings. The van der Waals surface area contributed by atoms with Gasteiger partial charge in [-0.05, 0) is 90.9 Å². The van der Waals surface area contributed by atoms with Crippen molar-refractivity contribution in [2.45, 2.75) is 46.1 Å². The van der Waals surface area contributed by atoms with Gasteiger partial charge >= 0.3 is 5.97 Å². The van der Waals surface area contributed by atoms with E-state index in [1.807, 2.05) is 19.1 Å². The minimum absolute atomic E-state index is 0.277. The maximum absolute atomic E-state index is 12.7. The minimum atomic E-state index is -0.277. The third-order valence-corrected chi connectivity index (χ3v) is 7.72. The van der Waals surface area contributed by atoms with E-state index < -0.39 is 0 Å². The fourth-order valence-electron chi connectivity index (χ4n) is 3.98. The third-order valence-electron chi connectivity index (χ3n) is 5.72. The van der Waals surface area contributed by atoms with Crippen molar-refractivity contribution in [1.82, 2.24) is 0 Å². The van der Waals surface area contributed by atoms with E-state index in [9.17, 15) is 4.79 Å². The summed E-state index contributed by atoms with van der Waals surface area (Å²) in [6.07, 6.45) is 5.94. The molecule has 1 heterocycles. The molecule has 0 unspecified atom stereocenters. The van der Waals surface area contributed by atoms with Crippen LogP contribution < -0.4 is 9.47 Å². The van der Waals surface area contributed by atoms with Gasteiger partial charge in [0.05, 0.1) is 22.9 Å². The number of hydrogen-bond donors (Lipinski definition) is 0. The second-order valence-electron chi connectivity index (χ2n) is 8.18. The number of halogens is 1. The first-order chi connectivity index (χ1) is 16.5. The molecule has 34 heavy (non-hydrogen) atoms. The molecule has 7 heteroatoms. The predicted octanol–water partition coefficient (Wildman–Crippen LogP) is 7.05. The number of aliphatic imine (C=N–C) groups is 1. The number of nitrogens with zero attached hydrogens (tertiary/aromatic N) is 1. The lowest BCUT2D eigenvalue weighted by Crippen LogP contribution is -2.09. The summed E-state index contributed by atoms with van der Waals surface area (Å²) in [7, 11) is 1.64. The van der Waals surface area contributed by atoms with Crippen molar-refractivity contribution in [3.63, 3.8) is 0 Å². The van der Waals surface area contributed by atoms with Crippen LogP contribution in [0, 0.1) is 10.5 Å². The first-order valence-electron chi connectivity index (χ1n) is 11.4. The molecule has 5 nitrogen and oxygen atoms in total. The number of thiophene rings is 1. The summed E-state index contributed by atoms with van der Waals surface area (Å²) in [5.74, 6) is 1.08. The molecule has 0 bridgehead atoms. The number of esters is 1. The molecule has 0 fully saturated rings. The summed E-state index contributed by atoms with van der Waals surface area (Å²) >= 11 is 3.86. The van der Waals surface area contributed by atoms with Gasteiger partial charge in [0.25, 0.3) is 0 Å². The van der Waals surface area contributed by atoms with Crippen molar-refractivity contribution in [2.75, 3.05) is 13.7 Å². The van der Waals surface area contributed by atoms with Crippen molar-refractivity contribution in [3.05, 3.63) is 72.7 Å². The molecule has 0 saturated heterocycles. The fraction of sp³-hybridized carbons (Fsp3) is 0.333. The maximum Gasteiger partial charge on any atom is 0.341 e. The number of rotatable bonds is 8. The van der Waals surface area contributed by atoms with Crippen LogP contribution >= 0.6 is 33.9 Å². The molecule has 0 atom stereocenters. The fourth-order valence-corrected chi connectivity index (χ4v) is 5.99. The molecule has 0 N–H and O–H groups in total. The van der Waals surface area contributed by atoms with E-state index in [0.29, 0.717) is 30.3 Å². The van der Waals surface area contributed by atoms with Gasteiger partial charge in [-0.2, -0.15) is 0 Å². The van der Waals surface area contributed by atoms with Crippen molar-refractivity contribution in [3.8, 4) is 11.5 Å². The summed E-state index contributed by atoms with van der Waals surface area (Å²) in [6.45, 7) is 4.71. The Bertz CT molecular complexity index is 1200. The molecule has 4 rings (SSSR count). The molecule has 0 radical (unpaired) electrons. The van der Waals surface area contributed by atoms with Crippen molar-refractivity contribution in [2.24, 2.45) is 4.99 Å². The molecule has 1 aliphatic carbocycles. The lowest BCUT2D eigenvalue weighted by Gasteiger charge is -2.14. The Labute approximate surface area is 218 Å². The highest BCUT2D eigenvalue weighted by atomic mass is 127. The Morgan fingerprint density at radius 2 is 1.94 bits per heavy atom. The van der Waals surface area contributed by atoms with Crippen molar-refractivity contribution >= 4 is 51.1 Å². The van der Waals surface area contributed by atoms with E-state index in [-0.39, 0.29) is 5.97 Å². The third kappa shape index (κ3) is 5.63. The zero-order chi connectivity index (χ0) is 24.1. The smallest absolute Gasteiger partial charge is 0.341 e. The monoisotopic (exact) mass is 589 g/mol. The van der Waals surface area contributed by atoms with Gasteiger partial charge in [0, 0.05) is 11.1 Å². The molecular formula is C27H28INO4S. The molecule has 0 aliphatic heterocycles. The van der Waals surface area contributed by atoms with Crippen LogP contribution in [0.15, 0.2) is 41.4 Å². The summed E-state index contributed by atoms with van der Waals surface area (Å²) in [4.78, 5) is 18.7. The molecule has 1 aromatic heterocycles. The Morgan fingerprint density at radius 3 is 2.68 bits per heavy atom. The molecular weight excluding hydrogens is 561 g/mol. The molecule has 0 amide bonds. The summed E-state index contributed by atoms with van der Waals surface area (Å²) in [5.41, 5.74) is 4.95. The Hall–Kier alpha value is -2.39. The standard InChI is InChI=1S/C27H28INO4S/c1-4-32-27(30)24-20-7-5-6-8-23(20)34-26(24)29-15-19-13-21(28)25(22(14-19)31-3)33-16-18-11-9-17(2)10-12-18/h9-15H,4-8,16H2,1-3H3. The predicted molar refractivity (Wildman–Crippen MR) is 145 cm³/mol. The number of ether oxygens (including phenoxy) is 3. The number of methoxy groups -OCH3 is 1. The number of fused-ring (bicyclic) bond motifs is 1. The Kier molecular flexibility index (Phi) is 8.26. The normalized spacial score (nSPS) is 13.1. The summed E-state index contributed by atoms with van der Waals surface area (Å²) in [6, 6.07) is 12.2. The van der Waals surface area contributed by atoms with Gasteiger partial charge in [0.15, 0.2) is 11.5 Å². The first-order valence-corrected chi connectivity index (χ1v) is 13.3. The average Bonchev–Trinajstić information content (AvgIpc) is 3.21. The average molecular weight is 589 g/mol. The molecule has 0 saturated carbocycles. The second-order valence-corrected chi connectivity index (χ2v) is 10.4. The number of carbonyl (C=O) groups excluding carboxylic acids is 1.